The number of para-hydroxylation sites is 1. The predicted molar refractivity (Wildman–Crippen MR) is 67.5 cm³/mol. The van der Waals surface area contributed by atoms with Crippen molar-refractivity contribution < 1.29 is 14.7 Å². The SMILES string of the molecule is O=C(O)CCC1CNC(=O)N(c2ccccc2)C1. The largest absolute Gasteiger partial charge is 0.481 e. The number of amides is 2. The number of nitrogens with zero attached hydrogens (tertiary/aromatic N) is 1. The number of benzene rings is 1. The molecule has 0 bridgehead atoms. The number of rotatable bonds is 4. The van der Waals surface area contributed by atoms with Crippen molar-refractivity contribution in [1.29, 1.82) is 0 Å². The number of hydrogen-bond acceptors (Lipinski definition) is 2. The molecule has 18 heavy (non-hydrogen) atoms. The molecule has 2 amide bonds. The second kappa shape index (κ2) is 5.53. The average molecular weight is 248 g/mol. The van der Waals surface area contributed by atoms with Crippen molar-refractivity contribution in [3.63, 3.8) is 0 Å². The Morgan fingerprint density at radius 3 is 2.78 bits per heavy atom. The van der Waals surface area contributed by atoms with E-state index >= 15 is 0 Å². The smallest absolute Gasteiger partial charge is 0.321 e. The lowest BCUT2D eigenvalue weighted by Gasteiger charge is -2.33. The molecular formula is C13H16N2O3. The number of aliphatic carboxylic acids is 1. The predicted octanol–water partition coefficient (Wildman–Crippen LogP) is 1.70. The van der Waals surface area contributed by atoms with Crippen LogP contribution in [0.15, 0.2) is 30.3 Å². The number of urea groups is 1. The first kappa shape index (κ1) is 12.4. The second-order valence-corrected chi connectivity index (χ2v) is 4.43. The molecule has 96 valence electrons. The van der Waals surface area contributed by atoms with Gasteiger partial charge in [0.05, 0.1) is 0 Å². The van der Waals surface area contributed by atoms with Crippen LogP contribution in [0.3, 0.4) is 0 Å². The van der Waals surface area contributed by atoms with E-state index in [2.05, 4.69) is 5.32 Å². The lowest BCUT2D eigenvalue weighted by molar-refractivity contribution is -0.137. The van der Waals surface area contributed by atoms with E-state index in [0.717, 1.165) is 5.69 Å². The minimum Gasteiger partial charge on any atom is -0.481 e. The molecule has 1 aromatic carbocycles. The molecule has 0 radical (unpaired) electrons. The Morgan fingerprint density at radius 2 is 2.11 bits per heavy atom. The van der Waals surface area contributed by atoms with Crippen LogP contribution in [0.2, 0.25) is 0 Å². The molecule has 0 aromatic heterocycles. The van der Waals surface area contributed by atoms with Gasteiger partial charge in [-0.15, -0.1) is 0 Å². The third-order valence-electron chi connectivity index (χ3n) is 3.06. The summed E-state index contributed by atoms with van der Waals surface area (Å²) in [5.41, 5.74) is 0.843. The molecule has 1 aromatic rings. The first-order chi connectivity index (χ1) is 8.66. The molecule has 1 unspecified atom stereocenters. The van der Waals surface area contributed by atoms with Crippen LogP contribution in [-0.2, 0) is 4.79 Å². The molecule has 2 rings (SSSR count). The highest BCUT2D eigenvalue weighted by Gasteiger charge is 2.26. The zero-order chi connectivity index (χ0) is 13.0. The van der Waals surface area contributed by atoms with Gasteiger partial charge in [-0.2, -0.15) is 0 Å². The summed E-state index contributed by atoms with van der Waals surface area (Å²) < 4.78 is 0. The van der Waals surface area contributed by atoms with Gasteiger partial charge in [-0.25, -0.2) is 4.79 Å². The standard InChI is InChI=1S/C13H16N2O3/c16-12(17)7-6-10-8-14-13(18)15(9-10)11-4-2-1-3-5-11/h1-5,10H,6-9H2,(H,14,18)(H,16,17). The number of carboxylic acid groups (broad SMARTS) is 1. The first-order valence-electron chi connectivity index (χ1n) is 5.99. The molecule has 2 N–H and O–H groups in total. The summed E-state index contributed by atoms with van der Waals surface area (Å²) in [6, 6.07) is 9.28. The quantitative estimate of drug-likeness (QED) is 0.852. The van der Waals surface area contributed by atoms with Gasteiger partial charge in [-0.3, -0.25) is 9.69 Å². The first-order valence-corrected chi connectivity index (χ1v) is 5.99. The topological polar surface area (TPSA) is 69.6 Å². The van der Waals surface area contributed by atoms with Crippen molar-refractivity contribution in [2.75, 3.05) is 18.0 Å². The maximum atomic E-state index is 11.8. The van der Waals surface area contributed by atoms with Crippen LogP contribution < -0.4 is 10.2 Å². The summed E-state index contributed by atoms with van der Waals surface area (Å²) in [5.74, 6) is -0.614. The van der Waals surface area contributed by atoms with E-state index in [1.54, 1.807) is 4.90 Å². The van der Waals surface area contributed by atoms with Gasteiger partial charge in [0.15, 0.2) is 0 Å². The third-order valence-corrected chi connectivity index (χ3v) is 3.06. The van der Waals surface area contributed by atoms with Crippen LogP contribution >= 0.6 is 0 Å². The molecule has 0 aliphatic carbocycles. The third kappa shape index (κ3) is 3.00. The lowest BCUT2D eigenvalue weighted by atomic mass is 10.0. The summed E-state index contributed by atoms with van der Waals surface area (Å²) in [5, 5.41) is 11.5. The zero-order valence-electron chi connectivity index (χ0n) is 10.0. The molecule has 5 heteroatoms. The molecule has 5 nitrogen and oxygen atoms in total. The highest BCUT2D eigenvalue weighted by atomic mass is 16.4. The minimum absolute atomic E-state index is 0.118. The van der Waals surface area contributed by atoms with Crippen molar-refractivity contribution in [3.05, 3.63) is 30.3 Å². The van der Waals surface area contributed by atoms with E-state index < -0.39 is 5.97 Å². The normalized spacial score (nSPS) is 19.4. The maximum absolute atomic E-state index is 11.8. The lowest BCUT2D eigenvalue weighted by Crippen LogP contribution is -2.51. The molecule has 1 aliphatic rings. The van der Waals surface area contributed by atoms with Crippen LogP contribution in [0, 0.1) is 5.92 Å². The van der Waals surface area contributed by atoms with E-state index in [1.165, 1.54) is 0 Å². The number of nitrogens with one attached hydrogen (secondary N) is 1. The minimum atomic E-state index is -0.793. The van der Waals surface area contributed by atoms with Crippen LogP contribution in [0.4, 0.5) is 10.5 Å². The van der Waals surface area contributed by atoms with Crippen LogP contribution in [0.1, 0.15) is 12.8 Å². The summed E-state index contributed by atoms with van der Waals surface area (Å²) in [6.07, 6.45) is 0.724. The highest BCUT2D eigenvalue weighted by molar-refractivity contribution is 5.92. The monoisotopic (exact) mass is 248 g/mol. The summed E-state index contributed by atoms with van der Waals surface area (Å²) in [7, 11) is 0. The van der Waals surface area contributed by atoms with Gasteiger partial charge in [-0.05, 0) is 24.5 Å². The maximum Gasteiger partial charge on any atom is 0.321 e. The second-order valence-electron chi connectivity index (χ2n) is 4.43. The Morgan fingerprint density at radius 1 is 1.39 bits per heavy atom. The summed E-state index contributed by atoms with van der Waals surface area (Å²) in [6.45, 7) is 1.12. The van der Waals surface area contributed by atoms with Crippen LogP contribution in [0.5, 0.6) is 0 Å². The van der Waals surface area contributed by atoms with Crippen molar-refractivity contribution in [2.24, 2.45) is 5.92 Å². The van der Waals surface area contributed by atoms with Crippen molar-refractivity contribution in [3.8, 4) is 0 Å². The van der Waals surface area contributed by atoms with E-state index in [-0.39, 0.29) is 18.4 Å². The number of carbonyl (C=O) groups excluding carboxylic acids is 1. The number of anilines is 1. The molecule has 1 heterocycles. The average Bonchev–Trinajstić information content (AvgIpc) is 2.38. The number of carboxylic acids is 1. The van der Waals surface area contributed by atoms with Gasteiger partial charge in [0.2, 0.25) is 0 Å². The van der Waals surface area contributed by atoms with Crippen molar-refractivity contribution >= 4 is 17.7 Å². The number of carbonyl (C=O) groups is 2. The fourth-order valence-electron chi connectivity index (χ4n) is 2.08. The van der Waals surface area contributed by atoms with E-state index in [4.69, 9.17) is 5.11 Å². The molecule has 1 saturated heterocycles. The fraction of sp³-hybridized carbons (Fsp3) is 0.385. The molecule has 0 spiro atoms. The Kier molecular flexibility index (Phi) is 3.82. The molecule has 0 saturated carbocycles. The molecule has 1 fully saturated rings. The van der Waals surface area contributed by atoms with Crippen molar-refractivity contribution in [1.82, 2.24) is 5.32 Å². The summed E-state index contributed by atoms with van der Waals surface area (Å²) in [4.78, 5) is 24.0. The summed E-state index contributed by atoms with van der Waals surface area (Å²) >= 11 is 0. The number of hydrogen-bond donors (Lipinski definition) is 2. The molecular weight excluding hydrogens is 232 g/mol. The van der Waals surface area contributed by atoms with E-state index in [1.807, 2.05) is 30.3 Å². The van der Waals surface area contributed by atoms with Crippen LogP contribution in [0.25, 0.3) is 0 Å². The van der Waals surface area contributed by atoms with E-state index in [0.29, 0.717) is 19.5 Å². The van der Waals surface area contributed by atoms with E-state index in [9.17, 15) is 9.59 Å². The molecule has 1 atom stereocenters. The molecule has 1 aliphatic heterocycles. The zero-order valence-corrected chi connectivity index (χ0v) is 10.0. The van der Waals surface area contributed by atoms with Gasteiger partial charge in [0.25, 0.3) is 0 Å². The highest BCUT2D eigenvalue weighted by Crippen LogP contribution is 2.20. The van der Waals surface area contributed by atoms with Gasteiger partial charge < -0.3 is 10.4 Å². The Labute approximate surface area is 105 Å². The fourth-order valence-corrected chi connectivity index (χ4v) is 2.08. The Hall–Kier alpha value is -2.04. The van der Waals surface area contributed by atoms with Crippen LogP contribution in [-0.4, -0.2) is 30.2 Å². The van der Waals surface area contributed by atoms with Gasteiger partial charge in [0, 0.05) is 25.2 Å². The Bertz CT molecular complexity index is 433. The van der Waals surface area contributed by atoms with Gasteiger partial charge in [-0.1, -0.05) is 18.2 Å². The van der Waals surface area contributed by atoms with Crippen molar-refractivity contribution in [2.45, 2.75) is 12.8 Å². The Balaban J connectivity index is 2.01. The van der Waals surface area contributed by atoms with Gasteiger partial charge >= 0.3 is 12.0 Å². The van der Waals surface area contributed by atoms with Gasteiger partial charge in [0.1, 0.15) is 0 Å².